The molecule has 0 saturated heterocycles. The van der Waals surface area contributed by atoms with Crippen molar-refractivity contribution in [1.82, 2.24) is 4.98 Å². The number of hydrogen-bond acceptors (Lipinski definition) is 5. The van der Waals surface area contributed by atoms with Gasteiger partial charge in [-0.2, -0.15) is 0 Å². The number of benzene rings is 2. The van der Waals surface area contributed by atoms with Gasteiger partial charge in [0, 0.05) is 40.2 Å². The molecule has 3 heterocycles. The summed E-state index contributed by atoms with van der Waals surface area (Å²) in [4.78, 5) is 19.0. The summed E-state index contributed by atoms with van der Waals surface area (Å²) in [7, 11) is 0. The van der Waals surface area contributed by atoms with Gasteiger partial charge in [0.25, 0.3) is 5.91 Å². The Morgan fingerprint density at radius 2 is 1.77 bits per heavy atom. The molecular formula is C24H20N4O2. The number of nitrogens with one attached hydrogen (secondary N) is 2. The van der Waals surface area contributed by atoms with E-state index in [1.54, 1.807) is 23.6 Å². The minimum atomic E-state index is 0.0109. The largest absolute Gasteiger partial charge is 0.470 e. The molecule has 2 aromatic heterocycles. The zero-order chi connectivity index (χ0) is 20.5. The van der Waals surface area contributed by atoms with E-state index in [9.17, 15) is 4.79 Å². The zero-order valence-electron chi connectivity index (χ0n) is 16.4. The Labute approximate surface area is 174 Å². The van der Waals surface area contributed by atoms with Crippen LogP contribution >= 0.6 is 0 Å². The van der Waals surface area contributed by atoms with Crippen molar-refractivity contribution in [3.63, 3.8) is 0 Å². The van der Waals surface area contributed by atoms with Gasteiger partial charge < -0.3 is 20.0 Å². The molecule has 0 radical (unpaired) electrons. The molecule has 1 aliphatic heterocycles. The molecule has 30 heavy (non-hydrogen) atoms. The predicted octanol–water partition coefficient (Wildman–Crippen LogP) is 5.63. The number of nitrogens with zero attached hydrogens (tertiary/aromatic N) is 2. The lowest BCUT2D eigenvalue weighted by atomic mass is 10.1. The first-order chi connectivity index (χ1) is 14.7. The molecule has 0 aliphatic carbocycles. The highest BCUT2D eigenvalue weighted by Gasteiger charge is 2.28. The topological polar surface area (TPSA) is 70.4 Å². The molecule has 2 N–H and O–H groups in total. The van der Waals surface area contributed by atoms with Crippen LogP contribution in [0.25, 0.3) is 0 Å². The summed E-state index contributed by atoms with van der Waals surface area (Å²) < 4.78 is 5.10. The van der Waals surface area contributed by atoms with Gasteiger partial charge in [0.2, 0.25) is 0 Å². The van der Waals surface area contributed by atoms with E-state index >= 15 is 0 Å². The summed E-state index contributed by atoms with van der Waals surface area (Å²) in [6.45, 7) is 2.49. The maximum Gasteiger partial charge on any atom is 0.258 e. The van der Waals surface area contributed by atoms with Gasteiger partial charge in [0.15, 0.2) is 0 Å². The molecule has 0 unspecified atom stereocenters. The Bertz CT molecular complexity index is 1220. The van der Waals surface area contributed by atoms with Crippen molar-refractivity contribution in [3.8, 4) is 0 Å². The Kier molecular flexibility index (Phi) is 4.44. The molecule has 4 aromatic rings. The van der Waals surface area contributed by atoms with Crippen LogP contribution in [0.15, 0.2) is 83.8 Å². The van der Waals surface area contributed by atoms with E-state index in [1.807, 2.05) is 67.6 Å². The van der Waals surface area contributed by atoms with E-state index in [-0.39, 0.29) is 5.91 Å². The molecule has 0 fully saturated rings. The molecule has 1 aliphatic rings. The Morgan fingerprint density at radius 1 is 0.933 bits per heavy atom. The third-order valence-corrected chi connectivity index (χ3v) is 5.06. The van der Waals surface area contributed by atoms with Crippen LogP contribution in [0.2, 0.25) is 0 Å². The molecule has 6 heteroatoms. The smallest absolute Gasteiger partial charge is 0.258 e. The summed E-state index contributed by atoms with van der Waals surface area (Å²) in [6, 6.07) is 19.4. The van der Waals surface area contributed by atoms with E-state index < -0.39 is 0 Å². The lowest BCUT2D eigenvalue weighted by Crippen LogP contribution is -2.22. The minimum Gasteiger partial charge on any atom is -0.470 e. The highest BCUT2D eigenvalue weighted by molar-refractivity contribution is 6.10. The van der Waals surface area contributed by atoms with Crippen molar-refractivity contribution in [3.05, 3.63) is 96.2 Å². The van der Waals surface area contributed by atoms with Crippen molar-refractivity contribution in [2.75, 3.05) is 15.5 Å². The van der Waals surface area contributed by atoms with E-state index in [4.69, 9.17) is 4.42 Å². The van der Waals surface area contributed by atoms with Crippen LogP contribution in [0, 0.1) is 6.92 Å². The van der Waals surface area contributed by atoms with E-state index in [1.165, 1.54) is 0 Å². The zero-order valence-corrected chi connectivity index (χ0v) is 16.4. The monoisotopic (exact) mass is 396 g/mol. The standard InChI is InChI=1S/C24H20N4O2/c1-16-11-20(7-9-25-16)26-19-5-6-23-17(12-19)14-28(24(23)29)22-4-2-3-18(13-22)27-21-8-10-30-15-21/h2-13,15,27H,14H2,1H3,(H,25,26). The Hall–Kier alpha value is -4.06. The number of carbonyl (C=O) groups is 1. The predicted molar refractivity (Wildman–Crippen MR) is 118 cm³/mol. The number of carbonyl (C=O) groups excluding carboxylic acids is 1. The van der Waals surface area contributed by atoms with E-state index in [2.05, 4.69) is 15.6 Å². The van der Waals surface area contributed by atoms with Gasteiger partial charge >= 0.3 is 0 Å². The number of hydrogen-bond donors (Lipinski definition) is 2. The normalized spacial score (nSPS) is 12.7. The second-order valence-corrected chi connectivity index (χ2v) is 7.26. The SMILES string of the molecule is Cc1cc(Nc2ccc3c(c2)CN(c2cccc(Nc4ccoc4)c2)C3=O)ccn1. The van der Waals surface area contributed by atoms with Crippen molar-refractivity contribution >= 4 is 34.3 Å². The number of aryl methyl sites for hydroxylation is 1. The van der Waals surface area contributed by atoms with Crippen LogP contribution in [0.5, 0.6) is 0 Å². The number of fused-ring (bicyclic) bond motifs is 1. The van der Waals surface area contributed by atoms with E-state index in [0.29, 0.717) is 6.54 Å². The number of rotatable bonds is 5. The number of furan rings is 1. The molecule has 0 atom stereocenters. The minimum absolute atomic E-state index is 0.0109. The van der Waals surface area contributed by atoms with E-state index in [0.717, 1.165) is 45.3 Å². The van der Waals surface area contributed by atoms with Gasteiger partial charge in [-0.05, 0) is 67.1 Å². The molecule has 1 amide bonds. The molecule has 0 bridgehead atoms. The molecule has 0 spiro atoms. The van der Waals surface area contributed by atoms with Crippen LogP contribution in [0.1, 0.15) is 21.6 Å². The first-order valence-electron chi connectivity index (χ1n) is 9.69. The highest BCUT2D eigenvalue weighted by Crippen LogP contribution is 2.32. The molecule has 2 aromatic carbocycles. The molecule has 148 valence electrons. The van der Waals surface area contributed by atoms with Crippen LogP contribution in [-0.2, 0) is 6.54 Å². The molecule has 6 nitrogen and oxygen atoms in total. The van der Waals surface area contributed by atoms with Crippen molar-refractivity contribution in [2.24, 2.45) is 0 Å². The number of pyridine rings is 1. The van der Waals surface area contributed by atoms with Crippen molar-refractivity contribution in [2.45, 2.75) is 13.5 Å². The van der Waals surface area contributed by atoms with Crippen molar-refractivity contribution < 1.29 is 9.21 Å². The number of aromatic nitrogens is 1. The summed E-state index contributed by atoms with van der Waals surface area (Å²) in [5.41, 5.74) is 7.23. The quantitative estimate of drug-likeness (QED) is 0.457. The fraction of sp³-hybridized carbons (Fsp3) is 0.0833. The van der Waals surface area contributed by atoms with Crippen LogP contribution in [-0.4, -0.2) is 10.9 Å². The molecule has 5 rings (SSSR count). The Morgan fingerprint density at radius 3 is 2.60 bits per heavy atom. The second kappa shape index (κ2) is 7.40. The third-order valence-electron chi connectivity index (χ3n) is 5.06. The molecule has 0 saturated carbocycles. The molecular weight excluding hydrogens is 376 g/mol. The Balaban J connectivity index is 1.37. The first kappa shape index (κ1) is 18.0. The summed E-state index contributed by atoms with van der Waals surface area (Å²) in [5.74, 6) is 0.0109. The average molecular weight is 396 g/mol. The summed E-state index contributed by atoms with van der Waals surface area (Å²) in [5, 5.41) is 6.67. The highest BCUT2D eigenvalue weighted by atomic mass is 16.3. The lowest BCUT2D eigenvalue weighted by molar-refractivity contribution is 0.0996. The summed E-state index contributed by atoms with van der Waals surface area (Å²) in [6.07, 6.45) is 5.04. The van der Waals surface area contributed by atoms with Gasteiger partial charge in [-0.25, -0.2) is 0 Å². The van der Waals surface area contributed by atoms with Crippen LogP contribution in [0.4, 0.5) is 28.4 Å². The fourth-order valence-corrected chi connectivity index (χ4v) is 3.65. The van der Waals surface area contributed by atoms with Crippen LogP contribution in [0.3, 0.4) is 0 Å². The summed E-state index contributed by atoms with van der Waals surface area (Å²) >= 11 is 0. The average Bonchev–Trinajstić information content (AvgIpc) is 3.36. The van der Waals surface area contributed by atoms with Crippen LogP contribution < -0.4 is 15.5 Å². The fourth-order valence-electron chi connectivity index (χ4n) is 3.65. The van der Waals surface area contributed by atoms with Gasteiger partial charge in [0.05, 0.1) is 18.5 Å². The third kappa shape index (κ3) is 3.51. The van der Waals surface area contributed by atoms with Crippen molar-refractivity contribution in [1.29, 1.82) is 0 Å². The first-order valence-corrected chi connectivity index (χ1v) is 9.69. The number of amides is 1. The second-order valence-electron chi connectivity index (χ2n) is 7.26. The maximum absolute atomic E-state index is 13.0. The lowest BCUT2D eigenvalue weighted by Gasteiger charge is -2.17. The number of anilines is 5. The van der Waals surface area contributed by atoms with Gasteiger partial charge in [-0.15, -0.1) is 0 Å². The maximum atomic E-state index is 13.0. The van der Waals surface area contributed by atoms with Gasteiger partial charge in [-0.3, -0.25) is 9.78 Å². The van der Waals surface area contributed by atoms with Gasteiger partial charge in [0.1, 0.15) is 6.26 Å². The van der Waals surface area contributed by atoms with Gasteiger partial charge in [-0.1, -0.05) is 6.07 Å².